The third-order valence-corrected chi connectivity index (χ3v) is 6.97. The molecule has 4 rings (SSSR count). The fraction of sp³-hybridized carbons (Fsp3) is 0.350. The van der Waals surface area contributed by atoms with Crippen LogP contribution in [0, 0.1) is 0 Å². The highest BCUT2D eigenvalue weighted by atomic mass is 35.5. The molecule has 2 aromatic rings. The smallest absolute Gasteiger partial charge is 0.338 e. The molecule has 9 heteroatoms. The van der Waals surface area contributed by atoms with Gasteiger partial charge in [0.2, 0.25) is 10.0 Å². The Bertz CT molecular complexity index is 1030. The number of fused-ring (bicyclic) bond motifs is 1. The largest absolute Gasteiger partial charge is 0.486 e. The summed E-state index contributed by atoms with van der Waals surface area (Å²) in [6.07, 6.45) is 1.69. The summed E-state index contributed by atoms with van der Waals surface area (Å²) in [5.74, 6) is 0.371. The number of ether oxygens (including phenoxy) is 3. The highest BCUT2D eigenvalue weighted by Crippen LogP contribution is 2.38. The lowest BCUT2D eigenvalue weighted by atomic mass is 10.2. The van der Waals surface area contributed by atoms with E-state index >= 15 is 0 Å². The Hall–Kier alpha value is -2.29. The standard InChI is InChI=1S/C20H20ClNO6S/c21-17-10-14(11-18-19(17)27-9-8-26-18)13-28-20(23)15-4-3-5-16(12-15)29(24,25)22-6-1-2-7-22/h3-5,10-12H,1-2,6-9,13H2. The van der Waals surface area contributed by atoms with Crippen LogP contribution in [0.1, 0.15) is 28.8 Å². The first kappa shape index (κ1) is 20.0. The summed E-state index contributed by atoms with van der Waals surface area (Å²) in [7, 11) is -3.60. The number of hydrogen-bond donors (Lipinski definition) is 0. The van der Waals surface area contributed by atoms with E-state index < -0.39 is 16.0 Å². The number of nitrogens with zero attached hydrogens (tertiary/aromatic N) is 1. The Morgan fingerprint density at radius 1 is 1.10 bits per heavy atom. The number of benzene rings is 2. The van der Waals surface area contributed by atoms with Crippen molar-refractivity contribution < 1.29 is 27.4 Å². The van der Waals surface area contributed by atoms with Crippen LogP contribution in [-0.4, -0.2) is 45.0 Å². The van der Waals surface area contributed by atoms with Gasteiger partial charge in [-0.25, -0.2) is 13.2 Å². The van der Waals surface area contributed by atoms with Gasteiger partial charge in [-0.05, 0) is 48.7 Å². The van der Waals surface area contributed by atoms with E-state index in [1.807, 2.05) is 0 Å². The van der Waals surface area contributed by atoms with Crippen molar-refractivity contribution in [2.75, 3.05) is 26.3 Å². The van der Waals surface area contributed by atoms with Crippen molar-refractivity contribution in [1.29, 1.82) is 0 Å². The van der Waals surface area contributed by atoms with Crippen LogP contribution in [0.25, 0.3) is 0 Å². The van der Waals surface area contributed by atoms with Crippen LogP contribution in [0.15, 0.2) is 41.3 Å². The molecular formula is C20H20ClNO6S. The molecule has 2 aliphatic heterocycles. The number of halogens is 1. The summed E-state index contributed by atoms with van der Waals surface area (Å²) in [4.78, 5) is 12.6. The summed E-state index contributed by atoms with van der Waals surface area (Å²) < 4.78 is 43.2. The van der Waals surface area contributed by atoms with E-state index in [1.54, 1.807) is 18.2 Å². The minimum Gasteiger partial charge on any atom is -0.486 e. The average Bonchev–Trinajstić information content (AvgIpc) is 3.28. The van der Waals surface area contributed by atoms with E-state index in [0.717, 1.165) is 12.8 Å². The van der Waals surface area contributed by atoms with Crippen LogP contribution in [0.2, 0.25) is 5.02 Å². The van der Waals surface area contributed by atoms with Gasteiger partial charge in [-0.15, -0.1) is 0 Å². The fourth-order valence-corrected chi connectivity index (χ4v) is 5.19. The topological polar surface area (TPSA) is 82.1 Å². The number of carbonyl (C=O) groups is 1. The molecule has 0 amide bonds. The lowest BCUT2D eigenvalue weighted by Crippen LogP contribution is -2.28. The Labute approximate surface area is 174 Å². The number of carbonyl (C=O) groups excluding carboxylic acids is 1. The second kappa shape index (κ2) is 8.22. The molecule has 7 nitrogen and oxygen atoms in total. The summed E-state index contributed by atoms with van der Waals surface area (Å²) in [6.45, 7) is 1.82. The Morgan fingerprint density at radius 2 is 1.86 bits per heavy atom. The minimum atomic E-state index is -3.60. The number of hydrogen-bond acceptors (Lipinski definition) is 6. The zero-order valence-corrected chi connectivity index (χ0v) is 17.2. The van der Waals surface area contributed by atoms with Crippen molar-refractivity contribution in [1.82, 2.24) is 4.31 Å². The molecule has 0 radical (unpaired) electrons. The van der Waals surface area contributed by atoms with E-state index in [-0.39, 0.29) is 17.1 Å². The lowest BCUT2D eigenvalue weighted by Gasteiger charge is -2.20. The molecule has 1 fully saturated rings. The van der Waals surface area contributed by atoms with Gasteiger partial charge >= 0.3 is 5.97 Å². The summed E-state index contributed by atoms with van der Waals surface area (Å²) in [5.41, 5.74) is 0.822. The highest BCUT2D eigenvalue weighted by Gasteiger charge is 2.27. The maximum Gasteiger partial charge on any atom is 0.338 e. The zero-order chi connectivity index (χ0) is 20.4. The molecule has 0 aromatic heterocycles. The first-order valence-electron chi connectivity index (χ1n) is 9.30. The monoisotopic (exact) mass is 437 g/mol. The highest BCUT2D eigenvalue weighted by molar-refractivity contribution is 7.89. The molecule has 0 spiro atoms. The van der Waals surface area contributed by atoms with Crippen molar-refractivity contribution in [2.45, 2.75) is 24.3 Å². The van der Waals surface area contributed by atoms with Gasteiger partial charge in [-0.3, -0.25) is 0 Å². The van der Waals surface area contributed by atoms with Crippen molar-refractivity contribution >= 4 is 27.6 Å². The second-order valence-electron chi connectivity index (χ2n) is 6.82. The van der Waals surface area contributed by atoms with E-state index in [1.165, 1.54) is 22.5 Å². The molecule has 0 unspecified atom stereocenters. The van der Waals surface area contributed by atoms with Crippen LogP contribution in [0.5, 0.6) is 11.5 Å². The number of rotatable bonds is 5. The quantitative estimate of drug-likeness (QED) is 0.668. The number of sulfonamides is 1. The summed E-state index contributed by atoms with van der Waals surface area (Å²) in [5, 5.41) is 0.381. The van der Waals surface area contributed by atoms with Crippen molar-refractivity contribution in [3.63, 3.8) is 0 Å². The minimum absolute atomic E-state index is 0.0295. The first-order chi connectivity index (χ1) is 13.9. The van der Waals surface area contributed by atoms with Crippen LogP contribution < -0.4 is 9.47 Å². The molecule has 1 saturated heterocycles. The van der Waals surface area contributed by atoms with Crippen molar-refractivity contribution in [3.05, 3.63) is 52.5 Å². The maximum atomic E-state index is 12.7. The summed E-state index contributed by atoms with van der Waals surface area (Å²) in [6, 6.07) is 9.28. The molecule has 154 valence electrons. The molecule has 29 heavy (non-hydrogen) atoms. The predicted molar refractivity (Wildman–Crippen MR) is 106 cm³/mol. The van der Waals surface area contributed by atoms with E-state index in [9.17, 15) is 13.2 Å². The van der Waals surface area contributed by atoms with Crippen LogP contribution in [0.4, 0.5) is 0 Å². The molecular weight excluding hydrogens is 418 g/mol. The van der Waals surface area contributed by atoms with Crippen molar-refractivity contribution in [3.8, 4) is 11.5 Å². The molecule has 0 bridgehead atoms. The number of esters is 1. The zero-order valence-electron chi connectivity index (χ0n) is 15.6. The van der Waals surface area contributed by atoms with Crippen LogP contribution in [0.3, 0.4) is 0 Å². The van der Waals surface area contributed by atoms with Gasteiger partial charge < -0.3 is 14.2 Å². The van der Waals surface area contributed by atoms with Gasteiger partial charge in [-0.1, -0.05) is 17.7 Å². The van der Waals surface area contributed by atoms with E-state index in [2.05, 4.69) is 0 Å². The Kier molecular flexibility index (Phi) is 5.67. The molecule has 0 aliphatic carbocycles. The molecule has 0 atom stereocenters. The molecule has 2 aromatic carbocycles. The van der Waals surface area contributed by atoms with Crippen molar-refractivity contribution in [2.24, 2.45) is 0 Å². The lowest BCUT2D eigenvalue weighted by molar-refractivity contribution is 0.0471. The van der Waals surface area contributed by atoms with Gasteiger partial charge in [0.15, 0.2) is 11.5 Å². The second-order valence-corrected chi connectivity index (χ2v) is 9.16. The van der Waals surface area contributed by atoms with E-state index in [0.29, 0.717) is 48.4 Å². The fourth-order valence-electron chi connectivity index (χ4n) is 3.34. The Balaban J connectivity index is 1.47. The van der Waals surface area contributed by atoms with E-state index in [4.69, 9.17) is 25.8 Å². The molecule has 2 aliphatic rings. The average molecular weight is 438 g/mol. The van der Waals surface area contributed by atoms with Gasteiger partial charge in [0.1, 0.15) is 19.8 Å². The molecule has 2 heterocycles. The maximum absolute atomic E-state index is 12.7. The van der Waals surface area contributed by atoms with Gasteiger partial charge in [0.05, 0.1) is 15.5 Å². The molecule has 0 saturated carbocycles. The van der Waals surface area contributed by atoms with Gasteiger partial charge in [0.25, 0.3) is 0 Å². The third-order valence-electron chi connectivity index (χ3n) is 4.80. The third kappa shape index (κ3) is 4.19. The van der Waals surface area contributed by atoms with Crippen LogP contribution >= 0.6 is 11.6 Å². The normalized spacial score (nSPS) is 16.6. The SMILES string of the molecule is O=C(OCc1cc(Cl)c2c(c1)OCCO2)c1cccc(S(=O)(=O)N2CCCC2)c1. The van der Waals surface area contributed by atoms with Gasteiger partial charge in [-0.2, -0.15) is 4.31 Å². The predicted octanol–water partition coefficient (Wildman–Crippen LogP) is 3.25. The van der Waals surface area contributed by atoms with Crippen LogP contribution in [-0.2, 0) is 21.4 Å². The molecule has 0 N–H and O–H groups in total. The van der Waals surface area contributed by atoms with Gasteiger partial charge in [0, 0.05) is 13.1 Å². The summed E-state index contributed by atoms with van der Waals surface area (Å²) >= 11 is 6.20. The Morgan fingerprint density at radius 3 is 2.66 bits per heavy atom. The first-order valence-corrected chi connectivity index (χ1v) is 11.1.